The van der Waals surface area contributed by atoms with Gasteiger partial charge in [-0.3, -0.25) is 4.79 Å². The smallest absolute Gasteiger partial charge is 0.136 e. The van der Waals surface area contributed by atoms with Crippen molar-refractivity contribution < 1.29 is 4.79 Å². The van der Waals surface area contributed by atoms with Crippen molar-refractivity contribution in [3.63, 3.8) is 0 Å². The van der Waals surface area contributed by atoms with Crippen molar-refractivity contribution in [2.75, 3.05) is 0 Å². The second-order valence-electron chi connectivity index (χ2n) is 6.75. The van der Waals surface area contributed by atoms with Gasteiger partial charge in [0.1, 0.15) is 5.78 Å². The Labute approximate surface area is 101 Å². The molecule has 0 bridgehead atoms. The van der Waals surface area contributed by atoms with Gasteiger partial charge in [0.25, 0.3) is 0 Å². The first-order valence-electron chi connectivity index (χ1n) is 6.87. The van der Waals surface area contributed by atoms with E-state index in [0.29, 0.717) is 23.0 Å². The van der Waals surface area contributed by atoms with Crippen LogP contribution >= 0.6 is 0 Å². The van der Waals surface area contributed by atoms with E-state index in [9.17, 15) is 4.79 Å². The van der Waals surface area contributed by atoms with Gasteiger partial charge < -0.3 is 0 Å². The molecule has 0 aromatic carbocycles. The van der Waals surface area contributed by atoms with Crippen molar-refractivity contribution in [2.45, 2.75) is 66.7 Å². The molecule has 1 saturated carbocycles. The molecular weight excluding hydrogens is 196 g/mol. The molecule has 16 heavy (non-hydrogen) atoms. The van der Waals surface area contributed by atoms with Crippen LogP contribution in [-0.4, -0.2) is 5.78 Å². The first-order chi connectivity index (χ1) is 7.34. The van der Waals surface area contributed by atoms with E-state index in [1.165, 1.54) is 6.42 Å². The van der Waals surface area contributed by atoms with Crippen molar-refractivity contribution in [3.05, 3.63) is 0 Å². The second kappa shape index (κ2) is 5.33. The molecule has 0 aromatic heterocycles. The van der Waals surface area contributed by atoms with E-state index >= 15 is 0 Å². The maximum absolute atomic E-state index is 11.9. The third kappa shape index (κ3) is 3.61. The topological polar surface area (TPSA) is 17.1 Å². The van der Waals surface area contributed by atoms with Crippen LogP contribution in [0.25, 0.3) is 0 Å². The monoisotopic (exact) mass is 224 g/mol. The highest BCUT2D eigenvalue weighted by atomic mass is 16.1. The summed E-state index contributed by atoms with van der Waals surface area (Å²) >= 11 is 0. The van der Waals surface area contributed by atoms with E-state index in [1.54, 1.807) is 0 Å². The molecule has 0 heterocycles. The molecule has 0 aliphatic heterocycles. The minimum absolute atomic E-state index is 0.355. The quantitative estimate of drug-likeness (QED) is 0.692. The molecule has 0 spiro atoms. The molecule has 1 rings (SSSR count). The van der Waals surface area contributed by atoms with E-state index in [1.807, 2.05) is 0 Å². The van der Waals surface area contributed by atoms with Gasteiger partial charge in [0.05, 0.1) is 0 Å². The van der Waals surface area contributed by atoms with Gasteiger partial charge in [-0.2, -0.15) is 0 Å². The van der Waals surface area contributed by atoms with E-state index < -0.39 is 0 Å². The van der Waals surface area contributed by atoms with Crippen molar-refractivity contribution in [2.24, 2.45) is 23.2 Å². The lowest BCUT2D eigenvalue weighted by molar-refractivity contribution is -0.127. The van der Waals surface area contributed by atoms with Crippen molar-refractivity contribution >= 4 is 5.78 Å². The molecule has 1 aliphatic rings. The summed E-state index contributed by atoms with van der Waals surface area (Å²) in [6, 6.07) is 0. The molecule has 94 valence electrons. The van der Waals surface area contributed by atoms with E-state index in [4.69, 9.17) is 0 Å². The highest BCUT2D eigenvalue weighted by molar-refractivity contribution is 5.81. The summed E-state index contributed by atoms with van der Waals surface area (Å²) in [5, 5.41) is 0. The van der Waals surface area contributed by atoms with E-state index in [-0.39, 0.29) is 0 Å². The number of Topliss-reactive ketones (excluding diaryl/α,β-unsaturated/α-hetero) is 1. The van der Waals surface area contributed by atoms with Gasteiger partial charge in [-0.15, -0.1) is 0 Å². The van der Waals surface area contributed by atoms with Crippen LogP contribution in [0.15, 0.2) is 0 Å². The van der Waals surface area contributed by atoms with Crippen LogP contribution in [0.1, 0.15) is 66.7 Å². The van der Waals surface area contributed by atoms with Gasteiger partial charge in [0.2, 0.25) is 0 Å². The number of carbonyl (C=O) groups excluding carboxylic acids is 1. The summed E-state index contributed by atoms with van der Waals surface area (Å²) in [6.07, 6.45) is 5.38. The van der Waals surface area contributed by atoms with Gasteiger partial charge in [-0.1, -0.05) is 41.0 Å². The Morgan fingerprint density at radius 1 is 1.38 bits per heavy atom. The van der Waals surface area contributed by atoms with Crippen molar-refractivity contribution in [1.82, 2.24) is 0 Å². The number of rotatable bonds is 3. The fraction of sp³-hybridized carbons (Fsp3) is 0.933. The summed E-state index contributed by atoms with van der Waals surface area (Å²) in [5.41, 5.74) is 0.369. The van der Waals surface area contributed by atoms with Crippen molar-refractivity contribution in [1.29, 1.82) is 0 Å². The van der Waals surface area contributed by atoms with Gasteiger partial charge in [0, 0.05) is 12.3 Å². The fourth-order valence-electron chi connectivity index (χ4n) is 2.78. The average molecular weight is 224 g/mol. The predicted octanol–water partition coefficient (Wildman–Crippen LogP) is 4.45. The molecule has 3 unspecified atom stereocenters. The van der Waals surface area contributed by atoms with Crippen LogP contribution in [0.2, 0.25) is 0 Å². The average Bonchev–Trinajstić information content (AvgIpc) is 2.19. The molecule has 0 N–H and O–H groups in total. The molecule has 0 aromatic rings. The van der Waals surface area contributed by atoms with Crippen LogP contribution in [0, 0.1) is 23.2 Å². The van der Waals surface area contributed by atoms with Crippen LogP contribution in [0.4, 0.5) is 0 Å². The summed E-state index contributed by atoms with van der Waals surface area (Å²) in [5.74, 6) is 2.32. The zero-order valence-corrected chi connectivity index (χ0v) is 11.7. The Kier molecular flexibility index (Phi) is 4.58. The largest absolute Gasteiger partial charge is 0.299 e. The molecule has 1 fully saturated rings. The van der Waals surface area contributed by atoms with Crippen LogP contribution in [0.3, 0.4) is 0 Å². The number of hydrogen-bond donors (Lipinski definition) is 0. The van der Waals surface area contributed by atoms with Crippen LogP contribution in [0.5, 0.6) is 0 Å². The molecule has 1 aliphatic carbocycles. The Hall–Kier alpha value is -0.330. The summed E-state index contributed by atoms with van der Waals surface area (Å²) < 4.78 is 0. The van der Waals surface area contributed by atoms with Gasteiger partial charge in [-0.25, -0.2) is 0 Å². The molecular formula is C15H28O. The van der Waals surface area contributed by atoms with Gasteiger partial charge in [0.15, 0.2) is 0 Å². The summed E-state index contributed by atoms with van der Waals surface area (Å²) in [4.78, 5) is 11.9. The second-order valence-corrected chi connectivity index (χ2v) is 6.75. The Morgan fingerprint density at radius 3 is 2.50 bits per heavy atom. The van der Waals surface area contributed by atoms with E-state index in [2.05, 4.69) is 34.6 Å². The lowest BCUT2D eigenvalue weighted by atomic mass is 9.67. The normalized spacial score (nSPS) is 29.2. The maximum Gasteiger partial charge on any atom is 0.136 e. The minimum atomic E-state index is 0.355. The predicted molar refractivity (Wildman–Crippen MR) is 69.4 cm³/mol. The third-order valence-corrected chi connectivity index (χ3v) is 4.37. The van der Waals surface area contributed by atoms with Crippen LogP contribution in [-0.2, 0) is 4.79 Å². The first kappa shape index (κ1) is 13.7. The number of carbonyl (C=O) groups is 1. The molecule has 0 radical (unpaired) electrons. The SMILES string of the molecule is CCC(C)CC1CC(C(C)(C)C)CCC1=O. The zero-order chi connectivity index (χ0) is 12.3. The molecule has 1 nitrogen and oxygen atoms in total. The molecule has 0 amide bonds. The lowest BCUT2D eigenvalue weighted by Crippen LogP contribution is -2.32. The Balaban J connectivity index is 2.58. The van der Waals surface area contributed by atoms with Crippen LogP contribution < -0.4 is 0 Å². The molecule has 3 atom stereocenters. The van der Waals surface area contributed by atoms with Gasteiger partial charge >= 0.3 is 0 Å². The number of ketones is 1. The fourth-order valence-corrected chi connectivity index (χ4v) is 2.78. The third-order valence-electron chi connectivity index (χ3n) is 4.37. The molecule has 0 saturated heterocycles. The van der Waals surface area contributed by atoms with E-state index in [0.717, 1.165) is 31.6 Å². The first-order valence-corrected chi connectivity index (χ1v) is 6.87. The van der Waals surface area contributed by atoms with Gasteiger partial charge in [-0.05, 0) is 36.5 Å². The Morgan fingerprint density at radius 2 is 2.00 bits per heavy atom. The molecule has 1 heteroatoms. The highest BCUT2D eigenvalue weighted by Crippen LogP contribution is 2.40. The standard InChI is InChI=1S/C15H28O/c1-6-11(2)9-12-10-13(15(3,4)5)7-8-14(12)16/h11-13H,6-10H2,1-5H3. The maximum atomic E-state index is 11.9. The zero-order valence-electron chi connectivity index (χ0n) is 11.7. The minimum Gasteiger partial charge on any atom is -0.299 e. The summed E-state index contributed by atoms with van der Waals surface area (Å²) in [6.45, 7) is 11.4. The highest BCUT2D eigenvalue weighted by Gasteiger charge is 2.34. The Bertz CT molecular complexity index is 236. The summed E-state index contributed by atoms with van der Waals surface area (Å²) in [7, 11) is 0. The number of hydrogen-bond acceptors (Lipinski definition) is 1. The lowest BCUT2D eigenvalue weighted by Gasteiger charge is -2.37. The van der Waals surface area contributed by atoms with Crippen molar-refractivity contribution in [3.8, 4) is 0 Å².